The van der Waals surface area contributed by atoms with Gasteiger partial charge in [-0.1, -0.05) is 13.8 Å². The molecule has 1 saturated heterocycles. The van der Waals surface area contributed by atoms with Crippen LogP contribution in [0.2, 0.25) is 0 Å². The number of carbonyl (C=O) groups is 1. The van der Waals surface area contributed by atoms with E-state index in [1.165, 1.54) is 12.8 Å². The summed E-state index contributed by atoms with van der Waals surface area (Å²) in [4.78, 5) is 13.2. The van der Waals surface area contributed by atoms with Gasteiger partial charge in [-0.05, 0) is 24.7 Å². The molecule has 2 heteroatoms. The molecular weight excluding hydrogens is 150 g/mol. The van der Waals surface area contributed by atoms with Gasteiger partial charge in [-0.15, -0.1) is 0 Å². The van der Waals surface area contributed by atoms with Crippen molar-refractivity contribution in [2.75, 3.05) is 13.1 Å². The number of carbonyl (C=O) groups excluding carboxylic acids is 1. The molecule has 1 aliphatic heterocycles. The summed E-state index contributed by atoms with van der Waals surface area (Å²) < 4.78 is 0. The van der Waals surface area contributed by atoms with E-state index in [0.717, 1.165) is 13.1 Å². The molecular formula is C10H19NO. The molecule has 12 heavy (non-hydrogen) atoms. The molecule has 70 valence electrons. The molecule has 0 bridgehead atoms. The van der Waals surface area contributed by atoms with E-state index in [1.807, 2.05) is 4.90 Å². The third kappa shape index (κ3) is 2.50. The predicted octanol–water partition coefficient (Wildman–Crippen LogP) is 1.90. The highest BCUT2D eigenvalue weighted by Gasteiger charge is 2.20. The third-order valence-electron chi connectivity index (χ3n) is 2.66. The van der Waals surface area contributed by atoms with Crippen molar-refractivity contribution < 1.29 is 4.79 Å². The van der Waals surface area contributed by atoms with Crippen LogP contribution in [-0.4, -0.2) is 23.9 Å². The molecule has 0 aromatic carbocycles. The molecule has 0 aromatic heterocycles. The zero-order valence-electron chi connectivity index (χ0n) is 8.34. The van der Waals surface area contributed by atoms with Gasteiger partial charge in [0, 0.05) is 20.0 Å². The number of hydrogen-bond donors (Lipinski definition) is 0. The van der Waals surface area contributed by atoms with Crippen molar-refractivity contribution in [2.24, 2.45) is 11.8 Å². The van der Waals surface area contributed by atoms with Crippen molar-refractivity contribution >= 4 is 5.91 Å². The Morgan fingerprint density at radius 1 is 1.17 bits per heavy atom. The molecule has 2 unspecified atom stereocenters. The van der Waals surface area contributed by atoms with E-state index in [4.69, 9.17) is 0 Å². The lowest BCUT2D eigenvalue weighted by Gasteiger charge is -2.22. The first-order valence-electron chi connectivity index (χ1n) is 4.85. The van der Waals surface area contributed by atoms with Gasteiger partial charge in [-0.25, -0.2) is 0 Å². The van der Waals surface area contributed by atoms with Crippen molar-refractivity contribution in [3.05, 3.63) is 0 Å². The SMILES string of the molecule is CC(=O)N1CC(C)CCC(C)C1. The smallest absolute Gasteiger partial charge is 0.219 e. The molecule has 0 radical (unpaired) electrons. The maximum absolute atomic E-state index is 11.2. The van der Waals surface area contributed by atoms with Crippen LogP contribution in [0.5, 0.6) is 0 Å². The molecule has 0 N–H and O–H groups in total. The monoisotopic (exact) mass is 169 g/mol. The summed E-state index contributed by atoms with van der Waals surface area (Å²) in [5.74, 6) is 1.59. The van der Waals surface area contributed by atoms with Gasteiger partial charge in [0.05, 0.1) is 0 Å². The molecule has 1 rings (SSSR count). The van der Waals surface area contributed by atoms with E-state index in [-0.39, 0.29) is 5.91 Å². The zero-order valence-corrected chi connectivity index (χ0v) is 8.34. The van der Waals surface area contributed by atoms with Crippen LogP contribution in [-0.2, 0) is 4.79 Å². The highest BCUT2D eigenvalue weighted by Crippen LogP contribution is 2.19. The minimum Gasteiger partial charge on any atom is -0.342 e. The van der Waals surface area contributed by atoms with Gasteiger partial charge in [-0.3, -0.25) is 4.79 Å². The van der Waals surface area contributed by atoms with E-state index in [0.29, 0.717) is 11.8 Å². The molecule has 0 spiro atoms. The third-order valence-corrected chi connectivity index (χ3v) is 2.66. The number of likely N-dealkylation sites (tertiary alicyclic amines) is 1. The fraction of sp³-hybridized carbons (Fsp3) is 0.900. The van der Waals surface area contributed by atoms with Crippen LogP contribution >= 0.6 is 0 Å². The van der Waals surface area contributed by atoms with Gasteiger partial charge in [0.1, 0.15) is 0 Å². The van der Waals surface area contributed by atoms with Crippen molar-refractivity contribution in [2.45, 2.75) is 33.6 Å². The molecule has 0 aromatic rings. The summed E-state index contributed by atoms with van der Waals surface area (Å²) in [5, 5.41) is 0. The molecule has 0 aliphatic carbocycles. The molecule has 1 aliphatic rings. The van der Waals surface area contributed by atoms with Crippen molar-refractivity contribution in [1.29, 1.82) is 0 Å². The maximum atomic E-state index is 11.2. The Hall–Kier alpha value is -0.530. The first-order valence-corrected chi connectivity index (χ1v) is 4.85. The standard InChI is InChI=1S/C10H19NO/c1-8-4-5-9(2)7-11(6-8)10(3)12/h8-9H,4-7H2,1-3H3. The van der Waals surface area contributed by atoms with E-state index in [1.54, 1.807) is 6.92 Å². The number of rotatable bonds is 0. The molecule has 1 fully saturated rings. The molecule has 2 nitrogen and oxygen atoms in total. The molecule has 1 amide bonds. The van der Waals surface area contributed by atoms with Crippen molar-refractivity contribution in [3.63, 3.8) is 0 Å². The highest BCUT2D eigenvalue weighted by molar-refractivity contribution is 5.73. The summed E-state index contributed by atoms with van der Waals surface area (Å²) >= 11 is 0. The number of amides is 1. The van der Waals surface area contributed by atoms with Crippen molar-refractivity contribution in [1.82, 2.24) is 4.90 Å². The van der Waals surface area contributed by atoms with Crippen LogP contribution in [0, 0.1) is 11.8 Å². The fourth-order valence-corrected chi connectivity index (χ4v) is 1.84. The Morgan fingerprint density at radius 2 is 1.58 bits per heavy atom. The normalized spacial score (nSPS) is 31.4. The molecule has 0 saturated carbocycles. The van der Waals surface area contributed by atoms with E-state index in [2.05, 4.69) is 13.8 Å². The van der Waals surface area contributed by atoms with Crippen LogP contribution in [0.3, 0.4) is 0 Å². The maximum Gasteiger partial charge on any atom is 0.219 e. The van der Waals surface area contributed by atoms with Crippen molar-refractivity contribution in [3.8, 4) is 0 Å². The molecule has 1 heterocycles. The largest absolute Gasteiger partial charge is 0.342 e. The van der Waals surface area contributed by atoms with Gasteiger partial charge in [0.2, 0.25) is 5.91 Å². The Bertz CT molecular complexity index is 155. The van der Waals surface area contributed by atoms with Crippen LogP contribution in [0.25, 0.3) is 0 Å². The summed E-state index contributed by atoms with van der Waals surface area (Å²) in [5.41, 5.74) is 0. The second-order valence-corrected chi connectivity index (χ2v) is 4.21. The average molecular weight is 169 g/mol. The van der Waals surface area contributed by atoms with E-state index in [9.17, 15) is 4.79 Å². The summed E-state index contributed by atoms with van der Waals surface area (Å²) in [7, 11) is 0. The Balaban J connectivity index is 2.55. The second kappa shape index (κ2) is 3.92. The minimum absolute atomic E-state index is 0.232. The Morgan fingerprint density at radius 3 is 1.92 bits per heavy atom. The second-order valence-electron chi connectivity index (χ2n) is 4.21. The van der Waals surface area contributed by atoms with Crippen LogP contribution in [0.15, 0.2) is 0 Å². The van der Waals surface area contributed by atoms with Gasteiger partial charge in [-0.2, -0.15) is 0 Å². The van der Waals surface area contributed by atoms with E-state index >= 15 is 0 Å². The minimum atomic E-state index is 0.232. The lowest BCUT2D eigenvalue weighted by molar-refractivity contribution is -0.129. The van der Waals surface area contributed by atoms with Crippen LogP contribution < -0.4 is 0 Å². The molecule has 2 atom stereocenters. The highest BCUT2D eigenvalue weighted by atomic mass is 16.2. The first kappa shape index (κ1) is 9.56. The predicted molar refractivity (Wildman–Crippen MR) is 49.8 cm³/mol. The summed E-state index contributed by atoms with van der Waals surface area (Å²) in [6.45, 7) is 8.05. The van der Waals surface area contributed by atoms with Gasteiger partial charge in [0.25, 0.3) is 0 Å². The fourth-order valence-electron chi connectivity index (χ4n) is 1.84. The lowest BCUT2D eigenvalue weighted by Crippen LogP contribution is -2.33. The average Bonchev–Trinajstić information content (AvgIpc) is 2.13. The number of nitrogens with zero attached hydrogens (tertiary/aromatic N) is 1. The Kier molecular flexibility index (Phi) is 3.12. The lowest BCUT2D eigenvalue weighted by atomic mass is 10.0. The summed E-state index contributed by atoms with van der Waals surface area (Å²) in [6.07, 6.45) is 2.54. The zero-order chi connectivity index (χ0) is 9.14. The first-order chi connectivity index (χ1) is 5.59. The van der Waals surface area contributed by atoms with Gasteiger partial charge < -0.3 is 4.90 Å². The van der Waals surface area contributed by atoms with Gasteiger partial charge in [0.15, 0.2) is 0 Å². The van der Waals surface area contributed by atoms with Gasteiger partial charge >= 0.3 is 0 Å². The Labute approximate surface area is 74.9 Å². The number of hydrogen-bond acceptors (Lipinski definition) is 1. The van der Waals surface area contributed by atoms with Crippen LogP contribution in [0.1, 0.15) is 33.6 Å². The quantitative estimate of drug-likeness (QED) is 0.542. The summed E-state index contributed by atoms with van der Waals surface area (Å²) in [6, 6.07) is 0. The van der Waals surface area contributed by atoms with Crippen LogP contribution in [0.4, 0.5) is 0 Å². The van der Waals surface area contributed by atoms with E-state index < -0.39 is 0 Å². The topological polar surface area (TPSA) is 20.3 Å².